The molecule has 0 bridgehead atoms. The van der Waals surface area contributed by atoms with Crippen molar-refractivity contribution in [2.45, 2.75) is 13.8 Å². The molecule has 0 aliphatic rings. The fourth-order valence-corrected chi connectivity index (χ4v) is 2.35. The predicted octanol–water partition coefficient (Wildman–Crippen LogP) is 2.77. The molecule has 2 heterocycles. The van der Waals surface area contributed by atoms with Gasteiger partial charge in [-0.3, -0.25) is 10.1 Å². The van der Waals surface area contributed by atoms with Crippen LogP contribution in [0.15, 0.2) is 11.4 Å². The lowest BCUT2D eigenvalue weighted by atomic mass is 10.1. The second-order valence-electron chi connectivity index (χ2n) is 3.78. The first kappa shape index (κ1) is 12.4. The van der Waals surface area contributed by atoms with Crippen LogP contribution in [0.25, 0.3) is 11.3 Å². The molecule has 0 aliphatic heterocycles. The number of hydrogen-bond acceptors (Lipinski definition) is 6. The molecule has 1 N–H and O–H groups in total. The first-order chi connectivity index (χ1) is 8.52. The summed E-state index contributed by atoms with van der Waals surface area (Å²) in [7, 11) is 1.68. The van der Waals surface area contributed by atoms with Crippen LogP contribution in [0.1, 0.15) is 10.6 Å². The summed E-state index contributed by atoms with van der Waals surface area (Å²) in [5.41, 5.74) is 1.44. The van der Waals surface area contributed by atoms with Gasteiger partial charge in [0.15, 0.2) is 5.69 Å². The van der Waals surface area contributed by atoms with Crippen LogP contribution in [0.5, 0.6) is 0 Å². The van der Waals surface area contributed by atoms with E-state index in [4.69, 9.17) is 0 Å². The minimum absolute atomic E-state index is 0.0354. The van der Waals surface area contributed by atoms with Crippen LogP contribution in [-0.2, 0) is 0 Å². The van der Waals surface area contributed by atoms with Gasteiger partial charge in [0.25, 0.3) is 0 Å². The zero-order chi connectivity index (χ0) is 13.3. The SMILES string of the molecule is CNc1nc(C)c([N+](=O)[O-])c(-c2csc(C)c2)n1. The second kappa shape index (κ2) is 4.69. The Morgan fingerprint density at radius 2 is 2.11 bits per heavy atom. The van der Waals surface area contributed by atoms with Gasteiger partial charge in [-0.2, -0.15) is 0 Å². The Kier molecular flexibility index (Phi) is 3.24. The van der Waals surface area contributed by atoms with Crippen molar-refractivity contribution in [3.63, 3.8) is 0 Å². The molecule has 0 radical (unpaired) electrons. The standard InChI is InChI=1S/C11H12N4O2S/c1-6-4-8(5-18-6)9-10(15(16)17)7(2)13-11(12-3)14-9/h4-5H,1-3H3,(H,12,13,14). The first-order valence-corrected chi connectivity index (χ1v) is 6.17. The molecular formula is C11H12N4O2S. The molecule has 2 aromatic rings. The Hall–Kier alpha value is -2.02. The summed E-state index contributed by atoms with van der Waals surface area (Å²) in [5, 5.41) is 15.8. The van der Waals surface area contributed by atoms with Gasteiger partial charge in [0, 0.05) is 22.9 Å². The Balaban J connectivity index is 2.70. The van der Waals surface area contributed by atoms with Gasteiger partial charge in [-0.25, -0.2) is 9.97 Å². The van der Waals surface area contributed by atoms with Crippen LogP contribution in [-0.4, -0.2) is 21.9 Å². The van der Waals surface area contributed by atoms with Crippen LogP contribution >= 0.6 is 11.3 Å². The molecule has 7 heteroatoms. The summed E-state index contributed by atoms with van der Waals surface area (Å²) >= 11 is 1.54. The van der Waals surface area contributed by atoms with Gasteiger partial charge >= 0.3 is 5.69 Å². The molecule has 0 saturated carbocycles. The number of nitro groups is 1. The van der Waals surface area contributed by atoms with E-state index in [9.17, 15) is 10.1 Å². The number of aromatic nitrogens is 2. The smallest absolute Gasteiger partial charge is 0.316 e. The van der Waals surface area contributed by atoms with Crippen molar-refractivity contribution < 1.29 is 4.92 Å². The third-order valence-electron chi connectivity index (χ3n) is 2.47. The minimum Gasteiger partial charge on any atom is -0.357 e. The summed E-state index contributed by atoms with van der Waals surface area (Å²) in [5.74, 6) is 0.386. The maximum atomic E-state index is 11.1. The summed E-state index contributed by atoms with van der Waals surface area (Å²) in [6.07, 6.45) is 0. The number of nitrogens with one attached hydrogen (secondary N) is 1. The monoisotopic (exact) mass is 264 g/mol. The number of aryl methyl sites for hydroxylation is 2. The van der Waals surface area contributed by atoms with Crippen molar-refractivity contribution in [2.75, 3.05) is 12.4 Å². The maximum Gasteiger partial charge on any atom is 0.316 e. The highest BCUT2D eigenvalue weighted by Crippen LogP contribution is 2.33. The van der Waals surface area contributed by atoms with Crippen molar-refractivity contribution in [3.05, 3.63) is 32.1 Å². The summed E-state index contributed by atoms with van der Waals surface area (Å²) in [6.45, 7) is 3.57. The van der Waals surface area contributed by atoms with Crippen LogP contribution in [0.3, 0.4) is 0 Å². The summed E-state index contributed by atoms with van der Waals surface area (Å²) < 4.78 is 0. The number of hydrogen-bond donors (Lipinski definition) is 1. The van der Waals surface area contributed by atoms with Crippen molar-refractivity contribution in [1.82, 2.24) is 9.97 Å². The number of anilines is 1. The average Bonchev–Trinajstić information content (AvgIpc) is 2.74. The van der Waals surface area contributed by atoms with E-state index in [2.05, 4.69) is 15.3 Å². The second-order valence-corrected chi connectivity index (χ2v) is 4.90. The Morgan fingerprint density at radius 3 is 2.61 bits per heavy atom. The highest BCUT2D eigenvalue weighted by Gasteiger charge is 2.23. The van der Waals surface area contributed by atoms with E-state index in [1.807, 2.05) is 18.4 Å². The molecule has 0 unspecified atom stereocenters. The zero-order valence-corrected chi connectivity index (χ0v) is 11.0. The molecule has 0 spiro atoms. The van der Waals surface area contributed by atoms with Gasteiger partial charge in [-0.1, -0.05) is 0 Å². The molecule has 0 atom stereocenters. The summed E-state index contributed by atoms with van der Waals surface area (Å²) in [4.78, 5) is 20.0. The highest BCUT2D eigenvalue weighted by atomic mass is 32.1. The highest BCUT2D eigenvalue weighted by molar-refractivity contribution is 7.10. The number of nitrogens with zero attached hydrogens (tertiary/aromatic N) is 3. The Labute approximate surface area is 108 Å². The molecule has 2 aromatic heterocycles. The van der Waals surface area contributed by atoms with Crippen molar-refractivity contribution in [2.24, 2.45) is 0 Å². The molecule has 0 fully saturated rings. The van der Waals surface area contributed by atoms with Gasteiger partial charge in [0.2, 0.25) is 5.95 Å². The lowest BCUT2D eigenvalue weighted by Gasteiger charge is -2.05. The van der Waals surface area contributed by atoms with E-state index in [0.717, 1.165) is 10.4 Å². The molecule has 0 saturated heterocycles. The minimum atomic E-state index is -0.433. The van der Waals surface area contributed by atoms with Crippen LogP contribution < -0.4 is 5.32 Å². The molecule has 0 aliphatic carbocycles. The maximum absolute atomic E-state index is 11.1. The van der Waals surface area contributed by atoms with Crippen LogP contribution in [0.4, 0.5) is 11.6 Å². The van der Waals surface area contributed by atoms with Gasteiger partial charge in [-0.05, 0) is 19.9 Å². The Bertz CT molecular complexity index is 609. The molecule has 18 heavy (non-hydrogen) atoms. The lowest BCUT2D eigenvalue weighted by Crippen LogP contribution is -2.04. The third-order valence-corrected chi connectivity index (χ3v) is 3.33. The van der Waals surface area contributed by atoms with Gasteiger partial charge in [-0.15, -0.1) is 11.3 Å². The fourth-order valence-electron chi connectivity index (χ4n) is 1.67. The van der Waals surface area contributed by atoms with Gasteiger partial charge in [0.1, 0.15) is 5.69 Å². The molecule has 2 rings (SSSR count). The molecule has 0 aromatic carbocycles. The van der Waals surface area contributed by atoms with Gasteiger partial charge in [0.05, 0.1) is 4.92 Å². The quantitative estimate of drug-likeness (QED) is 0.681. The van der Waals surface area contributed by atoms with E-state index in [1.54, 1.807) is 14.0 Å². The number of rotatable bonds is 3. The average molecular weight is 264 g/mol. The van der Waals surface area contributed by atoms with E-state index in [-0.39, 0.29) is 5.69 Å². The number of thiophene rings is 1. The van der Waals surface area contributed by atoms with E-state index in [1.165, 1.54) is 11.3 Å². The van der Waals surface area contributed by atoms with Crippen LogP contribution in [0.2, 0.25) is 0 Å². The third kappa shape index (κ3) is 2.17. The van der Waals surface area contributed by atoms with Gasteiger partial charge < -0.3 is 5.32 Å². The molecule has 0 amide bonds. The van der Waals surface area contributed by atoms with Crippen molar-refractivity contribution in [1.29, 1.82) is 0 Å². The first-order valence-electron chi connectivity index (χ1n) is 5.29. The lowest BCUT2D eigenvalue weighted by molar-refractivity contribution is -0.385. The molecule has 6 nitrogen and oxygen atoms in total. The fraction of sp³-hybridized carbons (Fsp3) is 0.273. The summed E-state index contributed by atoms with van der Waals surface area (Å²) in [6, 6.07) is 1.89. The van der Waals surface area contributed by atoms with Crippen molar-refractivity contribution in [3.8, 4) is 11.3 Å². The van der Waals surface area contributed by atoms with E-state index < -0.39 is 4.92 Å². The van der Waals surface area contributed by atoms with E-state index in [0.29, 0.717) is 17.3 Å². The largest absolute Gasteiger partial charge is 0.357 e. The topological polar surface area (TPSA) is 81.0 Å². The zero-order valence-electron chi connectivity index (χ0n) is 10.2. The Morgan fingerprint density at radius 1 is 1.39 bits per heavy atom. The van der Waals surface area contributed by atoms with Crippen LogP contribution in [0, 0.1) is 24.0 Å². The molecule has 94 valence electrons. The predicted molar refractivity (Wildman–Crippen MR) is 71.0 cm³/mol. The van der Waals surface area contributed by atoms with Crippen molar-refractivity contribution >= 4 is 23.0 Å². The van der Waals surface area contributed by atoms with E-state index >= 15 is 0 Å². The normalized spacial score (nSPS) is 10.4. The molecular weight excluding hydrogens is 252 g/mol.